The standard InChI is InChI=1S/C10H14N6O/c1-16-9(7(11)6-15-16)10(17)14-3-2-8-12-4-5-13-8/h4-6H,2-3,11H2,1H3,(H,12,13)(H,14,17). The third-order valence-electron chi connectivity index (χ3n) is 2.38. The van der Waals surface area contributed by atoms with Crippen molar-refractivity contribution in [1.82, 2.24) is 25.1 Å². The normalized spacial score (nSPS) is 10.4. The summed E-state index contributed by atoms with van der Waals surface area (Å²) in [4.78, 5) is 18.8. The molecule has 0 aliphatic heterocycles. The van der Waals surface area contributed by atoms with Gasteiger partial charge in [0.05, 0.1) is 11.9 Å². The van der Waals surface area contributed by atoms with Gasteiger partial charge in [-0.25, -0.2) is 4.98 Å². The maximum atomic E-state index is 11.8. The number of anilines is 1. The maximum Gasteiger partial charge on any atom is 0.271 e. The zero-order valence-electron chi connectivity index (χ0n) is 9.47. The third kappa shape index (κ3) is 2.44. The van der Waals surface area contributed by atoms with Gasteiger partial charge in [0.1, 0.15) is 11.5 Å². The molecule has 2 aromatic heterocycles. The Morgan fingerprint density at radius 3 is 3.06 bits per heavy atom. The number of imidazole rings is 1. The Labute approximate surface area is 98.0 Å². The van der Waals surface area contributed by atoms with Crippen LogP contribution in [0.4, 0.5) is 5.69 Å². The monoisotopic (exact) mass is 234 g/mol. The van der Waals surface area contributed by atoms with Crippen molar-refractivity contribution in [1.29, 1.82) is 0 Å². The molecule has 0 saturated carbocycles. The van der Waals surface area contributed by atoms with E-state index in [1.165, 1.54) is 10.9 Å². The quantitative estimate of drug-likeness (QED) is 0.675. The van der Waals surface area contributed by atoms with E-state index in [-0.39, 0.29) is 5.91 Å². The lowest BCUT2D eigenvalue weighted by atomic mass is 10.3. The van der Waals surface area contributed by atoms with Gasteiger partial charge in [0, 0.05) is 32.4 Å². The Kier molecular flexibility index (Phi) is 3.08. The molecule has 2 heterocycles. The molecule has 1 amide bonds. The van der Waals surface area contributed by atoms with E-state index in [1.54, 1.807) is 19.4 Å². The Balaban J connectivity index is 1.90. The lowest BCUT2D eigenvalue weighted by Crippen LogP contribution is -2.28. The zero-order valence-corrected chi connectivity index (χ0v) is 9.47. The number of aromatic nitrogens is 4. The average Bonchev–Trinajstić information content (AvgIpc) is 2.89. The third-order valence-corrected chi connectivity index (χ3v) is 2.38. The molecule has 0 spiro atoms. The van der Waals surface area contributed by atoms with Crippen LogP contribution in [0.15, 0.2) is 18.6 Å². The highest BCUT2D eigenvalue weighted by molar-refractivity contribution is 5.97. The molecule has 0 aliphatic rings. The average molecular weight is 234 g/mol. The Morgan fingerprint density at radius 2 is 2.47 bits per heavy atom. The molecular formula is C10H14N6O. The topological polar surface area (TPSA) is 102 Å². The summed E-state index contributed by atoms with van der Waals surface area (Å²) in [5.74, 6) is 0.609. The Bertz CT molecular complexity index is 481. The largest absolute Gasteiger partial charge is 0.396 e. The minimum Gasteiger partial charge on any atom is -0.396 e. The number of rotatable bonds is 4. The van der Waals surface area contributed by atoms with Crippen molar-refractivity contribution in [2.75, 3.05) is 12.3 Å². The van der Waals surface area contributed by atoms with E-state index in [9.17, 15) is 4.79 Å². The van der Waals surface area contributed by atoms with E-state index in [4.69, 9.17) is 5.73 Å². The van der Waals surface area contributed by atoms with E-state index in [0.717, 1.165) is 5.82 Å². The van der Waals surface area contributed by atoms with Crippen molar-refractivity contribution in [3.05, 3.63) is 30.1 Å². The summed E-state index contributed by atoms with van der Waals surface area (Å²) >= 11 is 0. The van der Waals surface area contributed by atoms with Crippen LogP contribution in [-0.2, 0) is 13.5 Å². The van der Waals surface area contributed by atoms with Crippen molar-refractivity contribution in [2.45, 2.75) is 6.42 Å². The number of nitrogen functional groups attached to an aromatic ring is 1. The van der Waals surface area contributed by atoms with Crippen molar-refractivity contribution >= 4 is 11.6 Å². The van der Waals surface area contributed by atoms with Gasteiger partial charge in [0.25, 0.3) is 5.91 Å². The van der Waals surface area contributed by atoms with Crippen molar-refractivity contribution in [3.63, 3.8) is 0 Å². The zero-order chi connectivity index (χ0) is 12.3. The number of hydrogen-bond acceptors (Lipinski definition) is 4. The Hall–Kier alpha value is -2.31. The van der Waals surface area contributed by atoms with E-state index in [0.29, 0.717) is 24.3 Å². The fourth-order valence-electron chi connectivity index (χ4n) is 1.55. The number of carbonyl (C=O) groups is 1. The van der Waals surface area contributed by atoms with Crippen LogP contribution in [0.3, 0.4) is 0 Å². The van der Waals surface area contributed by atoms with Crippen molar-refractivity contribution in [2.24, 2.45) is 7.05 Å². The number of carbonyl (C=O) groups excluding carboxylic acids is 1. The predicted octanol–water partition coefficient (Wildman–Crippen LogP) is -0.302. The first kappa shape index (κ1) is 11.2. The van der Waals surface area contributed by atoms with E-state index in [2.05, 4.69) is 20.4 Å². The molecule has 17 heavy (non-hydrogen) atoms. The highest BCUT2D eigenvalue weighted by Crippen LogP contribution is 2.08. The molecule has 2 aromatic rings. The number of hydrogen-bond donors (Lipinski definition) is 3. The lowest BCUT2D eigenvalue weighted by Gasteiger charge is -2.05. The number of nitrogens with two attached hydrogens (primary N) is 1. The fourth-order valence-corrected chi connectivity index (χ4v) is 1.55. The minimum atomic E-state index is -0.228. The fraction of sp³-hybridized carbons (Fsp3) is 0.300. The molecule has 0 radical (unpaired) electrons. The number of nitrogens with zero attached hydrogens (tertiary/aromatic N) is 3. The first-order valence-corrected chi connectivity index (χ1v) is 5.22. The molecule has 0 bridgehead atoms. The second-order valence-corrected chi connectivity index (χ2v) is 3.61. The second kappa shape index (κ2) is 4.69. The van der Waals surface area contributed by atoms with Crippen LogP contribution in [0.1, 0.15) is 16.3 Å². The summed E-state index contributed by atoms with van der Waals surface area (Å²) in [5.41, 5.74) is 6.40. The van der Waals surface area contributed by atoms with E-state index in [1.807, 2.05) is 0 Å². The summed E-state index contributed by atoms with van der Waals surface area (Å²) in [6.07, 6.45) is 5.53. The van der Waals surface area contributed by atoms with Gasteiger partial charge in [0.15, 0.2) is 0 Å². The van der Waals surface area contributed by atoms with Gasteiger partial charge in [-0.2, -0.15) is 5.10 Å². The molecule has 7 heteroatoms. The number of nitrogens with one attached hydrogen (secondary N) is 2. The molecule has 0 aromatic carbocycles. The molecule has 0 fully saturated rings. The van der Waals surface area contributed by atoms with Gasteiger partial charge < -0.3 is 16.0 Å². The first-order valence-electron chi connectivity index (χ1n) is 5.22. The van der Waals surface area contributed by atoms with Crippen LogP contribution in [0.5, 0.6) is 0 Å². The van der Waals surface area contributed by atoms with Crippen LogP contribution in [0.25, 0.3) is 0 Å². The van der Waals surface area contributed by atoms with Crippen LogP contribution in [0, 0.1) is 0 Å². The smallest absolute Gasteiger partial charge is 0.271 e. The van der Waals surface area contributed by atoms with Gasteiger partial charge in [-0.05, 0) is 0 Å². The summed E-state index contributed by atoms with van der Waals surface area (Å²) in [7, 11) is 1.68. The minimum absolute atomic E-state index is 0.228. The second-order valence-electron chi connectivity index (χ2n) is 3.61. The molecule has 0 aliphatic carbocycles. The molecule has 0 atom stereocenters. The van der Waals surface area contributed by atoms with Gasteiger partial charge in [-0.3, -0.25) is 9.48 Å². The van der Waals surface area contributed by atoms with Gasteiger partial charge in [0.2, 0.25) is 0 Å². The van der Waals surface area contributed by atoms with E-state index >= 15 is 0 Å². The number of amides is 1. The van der Waals surface area contributed by atoms with Crippen molar-refractivity contribution in [3.8, 4) is 0 Å². The first-order chi connectivity index (χ1) is 8.18. The molecular weight excluding hydrogens is 220 g/mol. The predicted molar refractivity (Wildman–Crippen MR) is 62.2 cm³/mol. The van der Waals surface area contributed by atoms with Gasteiger partial charge in [-0.1, -0.05) is 0 Å². The van der Waals surface area contributed by atoms with Gasteiger partial charge in [-0.15, -0.1) is 0 Å². The van der Waals surface area contributed by atoms with Crippen LogP contribution in [-0.4, -0.2) is 32.2 Å². The highest BCUT2D eigenvalue weighted by atomic mass is 16.2. The molecule has 90 valence electrons. The number of H-pyrrole nitrogens is 1. The highest BCUT2D eigenvalue weighted by Gasteiger charge is 2.14. The Morgan fingerprint density at radius 1 is 1.65 bits per heavy atom. The number of aromatic amines is 1. The van der Waals surface area contributed by atoms with Gasteiger partial charge >= 0.3 is 0 Å². The SMILES string of the molecule is Cn1ncc(N)c1C(=O)NCCc1ncc[nH]1. The molecule has 7 nitrogen and oxygen atoms in total. The summed E-state index contributed by atoms with van der Waals surface area (Å²) in [6, 6.07) is 0. The number of aryl methyl sites for hydroxylation is 1. The molecule has 0 saturated heterocycles. The summed E-state index contributed by atoms with van der Waals surface area (Å²) in [6.45, 7) is 0.497. The molecule has 2 rings (SSSR count). The van der Waals surface area contributed by atoms with Crippen LogP contribution >= 0.6 is 0 Å². The van der Waals surface area contributed by atoms with E-state index < -0.39 is 0 Å². The van der Waals surface area contributed by atoms with Crippen LogP contribution in [0.2, 0.25) is 0 Å². The lowest BCUT2D eigenvalue weighted by molar-refractivity contribution is 0.0945. The van der Waals surface area contributed by atoms with Crippen LogP contribution < -0.4 is 11.1 Å². The summed E-state index contributed by atoms with van der Waals surface area (Å²) < 4.78 is 1.46. The molecule has 0 unspecified atom stereocenters. The maximum absolute atomic E-state index is 11.8. The molecule has 4 N–H and O–H groups in total. The summed E-state index contributed by atoms with van der Waals surface area (Å²) in [5, 5.41) is 6.67. The van der Waals surface area contributed by atoms with Crippen molar-refractivity contribution < 1.29 is 4.79 Å².